The van der Waals surface area contributed by atoms with Crippen molar-refractivity contribution in [1.29, 1.82) is 0 Å². The van der Waals surface area contributed by atoms with Crippen molar-refractivity contribution >= 4 is 16.8 Å². The Morgan fingerprint density at radius 2 is 1.38 bits per heavy atom. The lowest BCUT2D eigenvalue weighted by Gasteiger charge is -2.12. The second-order valence-electron chi connectivity index (χ2n) is 2.66. The fraction of sp³-hybridized carbons (Fsp3) is 0.222. The lowest BCUT2D eigenvalue weighted by molar-refractivity contribution is 0.107. The molecule has 0 radical (unpaired) electrons. The van der Waals surface area contributed by atoms with Crippen LogP contribution in [0.15, 0.2) is 0 Å². The first-order valence-corrected chi connectivity index (χ1v) is 4.31. The quantitative estimate of drug-likeness (QED) is 0.614. The van der Waals surface area contributed by atoms with Crippen LogP contribution >= 0.6 is 11.6 Å². The van der Waals surface area contributed by atoms with Crippen LogP contribution < -0.4 is 9.47 Å². The summed E-state index contributed by atoms with van der Waals surface area (Å²) in [5, 5.41) is -1.22. The Hall–Kier alpha value is -1.43. The Balaban J connectivity index is 3.73. The molecule has 16 heavy (non-hydrogen) atoms. The highest BCUT2D eigenvalue weighted by atomic mass is 35.5. The summed E-state index contributed by atoms with van der Waals surface area (Å²) in [6, 6.07) is 0. The van der Waals surface area contributed by atoms with Gasteiger partial charge in [0.05, 0.1) is 14.2 Å². The van der Waals surface area contributed by atoms with Gasteiger partial charge in [0.2, 0.25) is 17.5 Å². The monoisotopic (exact) mass is 254 g/mol. The van der Waals surface area contributed by atoms with Gasteiger partial charge in [-0.2, -0.15) is 8.78 Å². The Morgan fingerprint density at radius 1 is 1.00 bits per heavy atom. The van der Waals surface area contributed by atoms with E-state index in [0.717, 1.165) is 14.2 Å². The number of benzene rings is 1. The summed E-state index contributed by atoms with van der Waals surface area (Å²) >= 11 is 5.11. The van der Waals surface area contributed by atoms with Crippen molar-refractivity contribution in [3.63, 3.8) is 0 Å². The van der Waals surface area contributed by atoms with E-state index >= 15 is 0 Å². The van der Waals surface area contributed by atoms with Crippen molar-refractivity contribution in [3.05, 3.63) is 23.0 Å². The van der Waals surface area contributed by atoms with Crippen LogP contribution in [0.25, 0.3) is 0 Å². The second kappa shape index (κ2) is 4.61. The van der Waals surface area contributed by atoms with Crippen LogP contribution in [-0.2, 0) is 0 Å². The third-order valence-corrected chi connectivity index (χ3v) is 2.03. The Labute approximate surface area is 93.7 Å². The summed E-state index contributed by atoms with van der Waals surface area (Å²) in [7, 11) is 1.97. The van der Waals surface area contributed by atoms with E-state index in [1.54, 1.807) is 0 Å². The topological polar surface area (TPSA) is 35.5 Å². The zero-order valence-electron chi connectivity index (χ0n) is 8.24. The molecule has 1 aromatic carbocycles. The molecule has 0 aliphatic carbocycles. The van der Waals surface area contributed by atoms with Crippen molar-refractivity contribution in [2.24, 2.45) is 0 Å². The van der Waals surface area contributed by atoms with E-state index < -0.39 is 39.8 Å². The highest BCUT2D eigenvalue weighted by molar-refractivity contribution is 6.68. The van der Waals surface area contributed by atoms with Crippen LogP contribution in [0, 0.1) is 17.5 Å². The predicted octanol–water partition coefficient (Wildman–Crippen LogP) is 2.50. The van der Waals surface area contributed by atoms with Gasteiger partial charge in [-0.1, -0.05) is 0 Å². The maximum absolute atomic E-state index is 13.2. The van der Waals surface area contributed by atoms with Crippen molar-refractivity contribution in [1.82, 2.24) is 0 Å². The molecular formula is C9H6ClF3O3. The van der Waals surface area contributed by atoms with Gasteiger partial charge in [-0.25, -0.2) is 4.39 Å². The van der Waals surface area contributed by atoms with E-state index in [-0.39, 0.29) is 0 Å². The lowest BCUT2D eigenvalue weighted by atomic mass is 10.1. The molecule has 0 unspecified atom stereocenters. The number of ether oxygens (including phenoxy) is 2. The Morgan fingerprint density at radius 3 is 1.62 bits per heavy atom. The summed E-state index contributed by atoms with van der Waals surface area (Å²) in [6.45, 7) is 0. The number of methoxy groups -OCH3 is 2. The third-order valence-electron chi connectivity index (χ3n) is 1.84. The van der Waals surface area contributed by atoms with Crippen LogP contribution in [-0.4, -0.2) is 19.5 Å². The van der Waals surface area contributed by atoms with Crippen LogP contribution in [0.4, 0.5) is 13.2 Å². The zero-order valence-corrected chi connectivity index (χ0v) is 8.99. The predicted molar refractivity (Wildman–Crippen MR) is 49.6 cm³/mol. The number of halogens is 4. The van der Waals surface area contributed by atoms with E-state index in [2.05, 4.69) is 9.47 Å². The zero-order chi connectivity index (χ0) is 12.5. The molecule has 0 spiro atoms. The van der Waals surface area contributed by atoms with Crippen molar-refractivity contribution in [3.8, 4) is 11.5 Å². The van der Waals surface area contributed by atoms with Gasteiger partial charge in [0.1, 0.15) is 5.56 Å². The van der Waals surface area contributed by atoms with E-state index in [9.17, 15) is 18.0 Å². The molecule has 0 N–H and O–H groups in total. The van der Waals surface area contributed by atoms with Gasteiger partial charge in [0.25, 0.3) is 5.24 Å². The molecule has 7 heteroatoms. The minimum atomic E-state index is -1.80. The molecule has 88 valence electrons. The highest BCUT2D eigenvalue weighted by Gasteiger charge is 2.29. The van der Waals surface area contributed by atoms with E-state index in [4.69, 9.17) is 11.6 Å². The van der Waals surface area contributed by atoms with Gasteiger partial charge >= 0.3 is 0 Å². The molecule has 0 aromatic heterocycles. The van der Waals surface area contributed by atoms with Gasteiger partial charge in [0, 0.05) is 0 Å². The Kier molecular flexibility index (Phi) is 3.64. The first kappa shape index (κ1) is 12.6. The van der Waals surface area contributed by atoms with E-state index in [1.165, 1.54) is 0 Å². The number of carbonyl (C=O) groups excluding carboxylic acids is 1. The molecule has 1 aromatic rings. The fourth-order valence-corrected chi connectivity index (χ4v) is 1.35. The summed E-state index contributed by atoms with van der Waals surface area (Å²) < 4.78 is 48.3. The molecule has 0 fully saturated rings. The van der Waals surface area contributed by atoms with Crippen molar-refractivity contribution in [2.45, 2.75) is 0 Å². The largest absolute Gasteiger partial charge is 0.493 e. The molecule has 1 rings (SSSR count). The smallest absolute Gasteiger partial charge is 0.260 e. The van der Waals surface area contributed by atoms with Crippen LogP contribution in [0.1, 0.15) is 10.4 Å². The Bertz CT molecular complexity index is 417. The van der Waals surface area contributed by atoms with Gasteiger partial charge in [-0.3, -0.25) is 4.79 Å². The van der Waals surface area contributed by atoms with Crippen molar-refractivity contribution < 1.29 is 27.4 Å². The van der Waals surface area contributed by atoms with Crippen molar-refractivity contribution in [2.75, 3.05) is 14.2 Å². The second-order valence-corrected chi connectivity index (χ2v) is 3.00. The minimum absolute atomic E-state index is 0.692. The molecule has 0 amide bonds. The highest BCUT2D eigenvalue weighted by Crippen LogP contribution is 2.37. The third kappa shape index (κ3) is 1.80. The molecule has 0 bridgehead atoms. The summed E-state index contributed by atoms with van der Waals surface area (Å²) in [4.78, 5) is 11.0. The normalized spacial score (nSPS) is 10.1. The van der Waals surface area contributed by atoms with Crippen LogP contribution in [0.2, 0.25) is 0 Å². The van der Waals surface area contributed by atoms with Gasteiger partial charge in [-0.05, 0) is 11.6 Å². The molecule has 0 saturated heterocycles. The average Bonchev–Trinajstić information content (AvgIpc) is 2.25. The molecule has 3 nitrogen and oxygen atoms in total. The standard InChI is InChI=1S/C9H6ClF3O3/c1-15-7-3(9(10)14)8(16-2)6(13)4(11)5(7)12/h1-2H3. The van der Waals surface area contributed by atoms with Crippen LogP contribution in [0.3, 0.4) is 0 Å². The molecule has 0 aliphatic heterocycles. The SMILES string of the molecule is COc1c(F)c(F)c(F)c(OC)c1C(=O)Cl. The minimum Gasteiger partial charge on any atom is -0.493 e. The van der Waals surface area contributed by atoms with E-state index in [1.807, 2.05) is 0 Å². The maximum atomic E-state index is 13.2. The van der Waals surface area contributed by atoms with E-state index in [0.29, 0.717) is 0 Å². The van der Waals surface area contributed by atoms with Gasteiger partial charge in [0.15, 0.2) is 11.5 Å². The molecule has 0 saturated carbocycles. The molecule has 0 aliphatic rings. The van der Waals surface area contributed by atoms with Gasteiger partial charge < -0.3 is 9.47 Å². The lowest BCUT2D eigenvalue weighted by Crippen LogP contribution is -2.07. The summed E-state index contributed by atoms with van der Waals surface area (Å²) in [5.74, 6) is -6.66. The first-order valence-electron chi connectivity index (χ1n) is 3.93. The average molecular weight is 255 g/mol. The molecular weight excluding hydrogens is 249 g/mol. The van der Waals surface area contributed by atoms with Crippen LogP contribution in [0.5, 0.6) is 11.5 Å². The molecule has 0 heterocycles. The summed E-state index contributed by atoms with van der Waals surface area (Å²) in [5.41, 5.74) is -0.692. The maximum Gasteiger partial charge on any atom is 0.260 e. The molecule has 0 atom stereocenters. The number of rotatable bonds is 3. The van der Waals surface area contributed by atoms with Gasteiger partial charge in [-0.15, -0.1) is 0 Å². The number of hydrogen-bond donors (Lipinski definition) is 0. The number of hydrogen-bond acceptors (Lipinski definition) is 3. The summed E-state index contributed by atoms with van der Waals surface area (Å²) in [6.07, 6.45) is 0. The first-order chi connectivity index (χ1) is 7.45. The fourth-order valence-electron chi connectivity index (χ4n) is 1.18. The number of carbonyl (C=O) groups is 1.